The van der Waals surface area contributed by atoms with Gasteiger partial charge in [-0.1, -0.05) is 25.1 Å². The van der Waals surface area contributed by atoms with Crippen LogP contribution in [0.1, 0.15) is 12.7 Å². The topological polar surface area (TPSA) is 55.1 Å². The van der Waals surface area contributed by atoms with Crippen molar-refractivity contribution in [2.45, 2.75) is 24.0 Å². The highest BCUT2D eigenvalue weighted by Gasteiger charge is 2.06. The highest BCUT2D eigenvalue weighted by atomic mass is 32.2. The summed E-state index contributed by atoms with van der Waals surface area (Å²) in [6.07, 6.45) is 0. The minimum absolute atomic E-state index is 0.451. The third kappa shape index (κ3) is 3.33. The molecule has 0 unspecified atom stereocenters. The molecule has 108 valence electrons. The summed E-state index contributed by atoms with van der Waals surface area (Å²) in [6, 6.07) is 14.3. The zero-order valence-corrected chi connectivity index (χ0v) is 12.8. The number of thioether (sulfide) groups is 1. The maximum atomic E-state index is 4.49. The number of rotatable bonds is 5. The van der Waals surface area contributed by atoms with Gasteiger partial charge in [0.15, 0.2) is 11.5 Å². The Balaban J connectivity index is 1.62. The number of nitrogens with one attached hydrogen (secondary N) is 1. The molecule has 2 heterocycles. The van der Waals surface area contributed by atoms with E-state index in [2.05, 4.69) is 51.8 Å². The van der Waals surface area contributed by atoms with E-state index in [4.69, 9.17) is 0 Å². The van der Waals surface area contributed by atoms with Crippen molar-refractivity contribution in [3.63, 3.8) is 0 Å². The predicted octanol–water partition coefficient (Wildman–Crippen LogP) is 3.03. The second kappa shape index (κ2) is 6.13. The number of hydrogen-bond donors (Lipinski definition) is 1. The molecule has 3 aromatic rings. The predicted molar refractivity (Wildman–Crippen MR) is 85.8 cm³/mol. The Kier molecular flexibility index (Phi) is 4.06. The number of fused-ring (bicyclic) bond motifs is 1. The van der Waals surface area contributed by atoms with Crippen LogP contribution in [0, 0.1) is 6.92 Å². The summed E-state index contributed by atoms with van der Waals surface area (Å²) in [6.45, 7) is 4.94. The zero-order valence-electron chi connectivity index (χ0n) is 12.0. The highest BCUT2D eigenvalue weighted by Crippen LogP contribution is 2.22. The van der Waals surface area contributed by atoms with Crippen LogP contribution in [0.4, 0.5) is 5.82 Å². The Morgan fingerprint density at radius 3 is 2.76 bits per heavy atom. The number of anilines is 1. The van der Waals surface area contributed by atoms with E-state index in [1.54, 1.807) is 4.52 Å². The molecule has 0 bridgehead atoms. The van der Waals surface area contributed by atoms with Gasteiger partial charge < -0.3 is 5.32 Å². The molecule has 0 aliphatic carbocycles. The van der Waals surface area contributed by atoms with Crippen LogP contribution in [0.3, 0.4) is 0 Å². The van der Waals surface area contributed by atoms with Crippen molar-refractivity contribution in [1.29, 1.82) is 0 Å². The normalized spacial score (nSPS) is 12.5. The van der Waals surface area contributed by atoms with Crippen molar-refractivity contribution >= 4 is 23.2 Å². The molecule has 6 heteroatoms. The van der Waals surface area contributed by atoms with E-state index in [-0.39, 0.29) is 0 Å². The van der Waals surface area contributed by atoms with Crippen molar-refractivity contribution in [2.75, 3.05) is 11.9 Å². The summed E-state index contributed by atoms with van der Waals surface area (Å²) < 4.78 is 1.75. The number of aromatic nitrogens is 4. The minimum atomic E-state index is 0.451. The van der Waals surface area contributed by atoms with E-state index in [1.165, 1.54) is 4.90 Å². The largest absolute Gasteiger partial charge is 0.368 e. The Bertz CT molecular complexity index is 725. The molecule has 5 nitrogen and oxygen atoms in total. The van der Waals surface area contributed by atoms with E-state index >= 15 is 0 Å². The van der Waals surface area contributed by atoms with E-state index in [1.807, 2.05) is 36.9 Å². The van der Waals surface area contributed by atoms with Crippen LogP contribution in [-0.4, -0.2) is 31.6 Å². The van der Waals surface area contributed by atoms with Crippen molar-refractivity contribution in [2.24, 2.45) is 0 Å². The van der Waals surface area contributed by atoms with Crippen molar-refractivity contribution < 1.29 is 0 Å². The Morgan fingerprint density at radius 2 is 1.95 bits per heavy atom. The van der Waals surface area contributed by atoms with E-state index < -0.39 is 0 Å². The third-order valence-corrected chi connectivity index (χ3v) is 4.18. The molecule has 0 fully saturated rings. The van der Waals surface area contributed by atoms with Crippen LogP contribution in [0.15, 0.2) is 47.4 Å². The Hall–Kier alpha value is -2.08. The average Bonchev–Trinajstić information content (AvgIpc) is 2.87. The molecule has 1 N–H and O–H groups in total. The number of nitrogens with zero attached hydrogens (tertiary/aromatic N) is 4. The summed E-state index contributed by atoms with van der Waals surface area (Å²) in [5.74, 6) is 1.63. The first-order valence-electron chi connectivity index (χ1n) is 6.87. The molecule has 0 spiro atoms. The Labute approximate surface area is 127 Å². The van der Waals surface area contributed by atoms with Gasteiger partial charge in [-0.25, -0.2) is 0 Å². The lowest BCUT2D eigenvalue weighted by atomic mass is 10.4. The first-order valence-corrected chi connectivity index (χ1v) is 7.75. The quantitative estimate of drug-likeness (QED) is 0.734. The summed E-state index contributed by atoms with van der Waals surface area (Å²) >= 11 is 1.85. The van der Waals surface area contributed by atoms with Gasteiger partial charge in [-0.3, -0.25) is 0 Å². The highest BCUT2D eigenvalue weighted by molar-refractivity contribution is 8.00. The maximum Gasteiger partial charge on any atom is 0.178 e. The molecular formula is C15H17N5S. The number of hydrogen-bond acceptors (Lipinski definition) is 5. The van der Waals surface area contributed by atoms with Gasteiger partial charge in [-0.05, 0) is 31.2 Å². The fourth-order valence-electron chi connectivity index (χ4n) is 2.01. The van der Waals surface area contributed by atoms with Crippen molar-refractivity contribution in [1.82, 2.24) is 19.8 Å². The molecule has 1 atom stereocenters. The second-order valence-corrected chi connectivity index (χ2v) is 6.37. The van der Waals surface area contributed by atoms with Crippen LogP contribution >= 0.6 is 11.8 Å². The summed E-state index contributed by atoms with van der Waals surface area (Å²) in [5, 5.41) is 16.3. The molecule has 1 aromatic carbocycles. The van der Waals surface area contributed by atoms with E-state index in [0.717, 1.165) is 23.8 Å². The summed E-state index contributed by atoms with van der Waals surface area (Å²) in [5.41, 5.74) is 0.768. The van der Waals surface area contributed by atoms with Gasteiger partial charge >= 0.3 is 0 Å². The molecule has 0 aliphatic rings. The van der Waals surface area contributed by atoms with Gasteiger partial charge in [-0.2, -0.15) is 4.52 Å². The first-order chi connectivity index (χ1) is 10.2. The van der Waals surface area contributed by atoms with E-state index in [9.17, 15) is 0 Å². The lowest BCUT2D eigenvalue weighted by Gasteiger charge is -2.12. The Morgan fingerprint density at radius 1 is 1.14 bits per heavy atom. The fourth-order valence-corrected chi connectivity index (χ4v) is 2.96. The van der Waals surface area contributed by atoms with Gasteiger partial charge in [-0.15, -0.1) is 27.1 Å². The van der Waals surface area contributed by atoms with Crippen LogP contribution in [0.5, 0.6) is 0 Å². The SMILES string of the molecule is Cc1nnc2ccc(NC[C@@H](C)Sc3ccccc3)nn12. The summed E-state index contributed by atoms with van der Waals surface area (Å²) in [4.78, 5) is 1.28. The molecule has 21 heavy (non-hydrogen) atoms. The maximum absolute atomic E-state index is 4.49. The molecule has 2 aromatic heterocycles. The average molecular weight is 299 g/mol. The van der Waals surface area contributed by atoms with Gasteiger partial charge in [0.05, 0.1) is 0 Å². The molecule has 0 amide bonds. The third-order valence-electron chi connectivity index (χ3n) is 3.07. The smallest absolute Gasteiger partial charge is 0.178 e. The molecule has 0 aliphatic heterocycles. The van der Waals surface area contributed by atoms with Crippen molar-refractivity contribution in [3.8, 4) is 0 Å². The molecule has 3 rings (SSSR count). The molecule has 0 radical (unpaired) electrons. The second-order valence-electron chi connectivity index (χ2n) is 4.86. The first kappa shape index (κ1) is 13.9. The summed E-state index contributed by atoms with van der Waals surface area (Å²) in [7, 11) is 0. The standard InChI is InChI=1S/C15H17N5S/c1-11(21-13-6-4-3-5-7-13)10-16-14-8-9-15-18-17-12(2)20(15)19-14/h3-9,11H,10H2,1-2H3,(H,16,19)/t11-/m1/s1. The monoisotopic (exact) mass is 299 g/mol. The van der Waals surface area contributed by atoms with Crippen LogP contribution < -0.4 is 5.32 Å². The van der Waals surface area contributed by atoms with Crippen molar-refractivity contribution in [3.05, 3.63) is 48.3 Å². The van der Waals surface area contributed by atoms with Crippen LogP contribution in [0.2, 0.25) is 0 Å². The molecule has 0 saturated heterocycles. The van der Waals surface area contributed by atoms with Crippen LogP contribution in [-0.2, 0) is 0 Å². The van der Waals surface area contributed by atoms with E-state index in [0.29, 0.717) is 5.25 Å². The van der Waals surface area contributed by atoms with Gasteiger partial charge in [0, 0.05) is 16.7 Å². The fraction of sp³-hybridized carbons (Fsp3) is 0.267. The number of benzene rings is 1. The lowest BCUT2D eigenvalue weighted by molar-refractivity contribution is 0.866. The lowest BCUT2D eigenvalue weighted by Crippen LogP contribution is -2.14. The van der Waals surface area contributed by atoms with Gasteiger partial charge in [0.25, 0.3) is 0 Å². The zero-order chi connectivity index (χ0) is 14.7. The number of aryl methyl sites for hydroxylation is 1. The van der Waals surface area contributed by atoms with Gasteiger partial charge in [0.2, 0.25) is 0 Å². The minimum Gasteiger partial charge on any atom is -0.368 e. The van der Waals surface area contributed by atoms with Crippen LogP contribution in [0.25, 0.3) is 5.65 Å². The molecule has 0 saturated carbocycles. The van der Waals surface area contributed by atoms with Gasteiger partial charge in [0.1, 0.15) is 5.82 Å². The molecular weight excluding hydrogens is 282 g/mol.